The van der Waals surface area contributed by atoms with Crippen LogP contribution < -0.4 is 10.7 Å². The van der Waals surface area contributed by atoms with Gasteiger partial charge < -0.3 is 4.74 Å². The highest BCUT2D eigenvalue weighted by Crippen LogP contribution is 2.36. The van der Waals surface area contributed by atoms with E-state index in [9.17, 15) is 4.79 Å². The quantitative estimate of drug-likeness (QED) is 0.395. The molecule has 0 aliphatic heterocycles. The number of carbonyl (C=O) groups is 1. The molecule has 0 radical (unpaired) electrons. The Labute approximate surface area is 172 Å². The summed E-state index contributed by atoms with van der Waals surface area (Å²) in [6, 6.07) is 15.3. The Balaban J connectivity index is 1.84. The maximum atomic E-state index is 11.9. The number of rotatable bonds is 6. The zero-order chi connectivity index (χ0) is 19.9. The number of ether oxygens (including phenoxy) is 1. The minimum absolute atomic E-state index is 0.289. The van der Waals surface area contributed by atoms with Crippen molar-refractivity contribution in [1.29, 1.82) is 0 Å². The van der Waals surface area contributed by atoms with Crippen LogP contribution in [0.5, 0.6) is 0 Å². The van der Waals surface area contributed by atoms with Crippen LogP contribution in [-0.2, 0) is 4.74 Å². The van der Waals surface area contributed by atoms with Crippen LogP contribution in [0.2, 0.25) is 5.02 Å². The third kappa shape index (κ3) is 5.09. The van der Waals surface area contributed by atoms with E-state index in [1.165, 1.54) is 11.3 Å². The average Bonchev–Trinajstić information content (AvgIpc) is 3.06. The summed E-state index contributed by atoms with van der Waals surface area (Å²) in [5.41, 5.74) is 6.36. The first-order chi connectivity index (χ1) is 13.6. The second kappa shape index (κ2) is 9.34. The zero-order valence-electron chi connectivity index (χ0n) is 15.4. The van der Waals surface area contributed by atoms with Gasteiger partial charge in [-0.15, -0.1) is 0 Å². The third-order valence-corrected chi connectivity index (χ3v) is 4.93. The fourth-order valence-electron chi connectivity index (χ4n) is 2.36. The summed E-state index contributed by atoms with van der Waals surface area (Å²) < 4.78 is 4.98. The van der Waals surface area contributed by atoms with E-state index in [0.29, 0.717) is 20.8 Å². The normalized spacial score (nSPS) is 10.8. The minimum Gasteiger partial charge on any atom is -0.450 e. The summed E-state index contributed by atoms with van der Waals surface area (Å²) in [4.78, 5) is 16.4. The molecule has 2 N–H and O–H groups in total. The van der Waals surface area contributed by atoms with Gasteiger partial charge in [-0.05, 0) is 19.9 Å². The summed E-state index contributed by atoms with van der Waals surface area (Å²) in [6.07, 6.45) is 1.10. The van der Waals surface area contributed by atoms with Crippen LogP contribution in [0.25, 0.3) is 11.3 Å². The van der Waals surface area contributed by atoms with Crippen LogP contribution in [0, 0.1) is 6.92 Å². The first-order valence-electron chi connectivity index (χ1n) is 8.62. The summed E-state index contributed by atoms with van der Waals surface area (Å²) >= 11 is 7.39. The van der Waals surface area contributed by atoms with Crippen LogP contribution in [0.4, 0.5) is 14.9 Å². The van der Waals surface area contributed by atoms with Crippen molar-refractivity contribution in [1.82, 2.24) is 4.98 Å². The molecule has 0 atom stereocenters. The molecule has 0 saturated heterocycles. The van der Waals surface area contributed by atoms with Gasteiger partial charge in [0.1, 0.15) is 10.7 Å². The first kappa shape index (κ1) is 19.9. The summed E-state index contributed by atoms with van der Waals surface area (Å²) in [5, 5.41) is 8.66. The average molecular weight is 415 g/mol. The predicted octanol–water partition coefficient (Wildman–Crippen LogP) is 5.79. The number of benzene rings is 2. The van der Waals surface area contributed by atoms with Gasteiger partial charge in [0.05, 0.1) is 12.8 Å². The molecule has 28 heavy (non-hydrogen) atoms. The third-order valence-electron chi connectivity index (χ3n) is 3.71. The summed E-state index contributed by atoms with van der Waals surface area (Å²) in [6.45, 7) is 4.06. The molecule has 0 unspecified atom stereocenters. The lowest BCUT2D eigenvalue weighted by molar-refractivity contribution is 0.168. The zero-order valence-corrected chi connectivity index (χ0v) is 17.0. The Morgan fingerprint density at radius 1 is 1.25 bits per heavy atom. The number of hydrogen-bond acceptors (Lipinski definition) is 6. The second-order valence-electron chi connectivity index (χ2n) is 5.80. The molecule has 8 heteroatoms. The van der Waals surface area contributed by atoms with E-state index in [1.54, 1.807) is 19.2 Å². The smallest absolute Gasteiger partial charge is 0.412 e. The molecule has 1 amide bonds. The van der Waals surface area contributed by atoms with Crippen molar-refractivity contribution in [3.8, 4) is 11.3 Å². The molecule has 1 heterocycles. The van der Waals surface area contributed by atoms with Crippen molar-refractivity contribution in [2.24, 2.45) is 5.10 Å². The highest BCUT2D eigenvalue weighted by atomic mass is 35.5. The van der Waals surface area contributed by atoms with E-state index < -0.39 is 6.09 Å². The van der Waals surface area contributed by atoms with Crippen molar-refractivity contribution in [2.45, 2.75) is 13.8 Å². The van der Waals surface area contributed by atoms with Gasteiger partial charge in [-0.2, -0.15) is 5.10 Å². The van der Waals surface area contributed by atoms with Gasteiger partial charge in [-0.25, -0.2) is 9.78 Å². The minimum atomic E-state index is -0.523. The summed E-state index contributed by atoms with van der Waals surface area (Å²) in [5.74, 6) is 0. The Hall–Kier alpha value is -2.90. The van der Waals surface area contributed by atoms with Gasteiger partial charge in [0, 0.05) is 16.1 Å². The van der Waals surface area contributed by atoms with Crippen molar-refractivity contribution < 1.29 is 9.53 Å². The number of halogens is 1. The van der Waals surface area contributed by atoms with E-state index in [4.69, 9.17) is 16.3 Å². The van der Waals surface area contributed by atoms with Crippen LogP contribution in [-0.4, -0.2) is 23.9 Å². The molecule has 3 rings (SSSR count). The first-order valence-corrected chi connectivity index (χ1v) is 9.81. The van der Waals surface area contributed by atoms with E-state index >= 15 is 0 Å². The Bertz CT molecular complexity index is 986. The number of hydrogen-bond donors (Lipinski definition) is 2. The Morgan fingerprint density at radius 2 is 2.00 bits per heavy atom. The number of carbonyl (C=O) groups excluding carboxylic acids is 1. The number of nitrogens with zero attached hydrogens (tertiary/aromatic N) is 2. The molecule has 1 aromatic heterocycles. The fourth-order valence-corrected chi connectivity index (χ4v) is 3.36. The number of aryl methyl sites for hydroxylation is 1. The van der Waals surface area contributed by atoms with Crippen molar-refractivity contribution in [3.05, 3.63) is 64.7 Å². The van der Waals surface area contributed by atoms with Crippen LogP contribution in [0.15, 0.2) is 53.6 Å². The fraction of sp³-hybridized carbons (Fsp3) is 0.150. The van der Waals surface area contributed by atoms with E-state index in [-0.39, 0.29) is 6.61 Å². The van der Waals surface area contributed by atoms with Crippen LogP contribution >= 0.6 is 22.9 Å². The maximum absolute atomic E-state index is 11.9. The molecule has 2 aromatic carbocycles. The van der Waals surface area contributed by atoms with Crippen molar-refractivity contribution >= 4 is 45.4 Å². The number of thiazole rings is 1. The highest BCUT2D eigenvalue weighted by molar-refractivity contribution is 7.20. The number of amides is 1. The van der Waals surface area contributed by atoms with Crippen LogP contribution in [0.1, 0.15) is 18.1 Å². The molecular formula is C20H19ClN4O2S. The lowest BCUT2D eigenvalue weighted by Gasteiger charge is -2.05. The largest absolute Gasteiger partial charge is 0.450 e. The molecular weight excluding hydrogens is 396 g/mol. The standard InChI is InChI=1S/C20H19ClN4O2S/c1-3-27-20(26)24-18-17(14-10-8-13(2)9-11-14)23-19(28-18)25-22-12-15-6-4-5-7-16(15)21/h4-12H,3H2,1-2H3,(H,23,25)(H,24,26). The van der Waals surface area contributed by atoms with Gasteiger partial charge in [-0.1, -0.05) is 71.0 Å². The molecule has 0 aliphatic rings. The summed E-state index contributed by atoms with van der Waals surface area (Å²) in [7, 11) is 0. The Morgan fingerprint density at radius 3 is 2.71 bits per heavy atom. The molecule has 0 aliphatic carbocycles. The predicted molar refractivity (Wildman–Crippen MR) is 116 cm³/mol. The SMILES string of the molecule is CCOC(=O)Nc1sc(NN=Cc2ccccc2Cl)nc1-c1ccc(C)cc1. The molecule has 6 nitrogen and oxygen atoms in total. The highest BCUT2D eigenvalue weighted by Gasteiger charge is 2.16. The number of nitrogens with one attached hydrogen (secondary N) is 2. The maximum Gasteiger partial charge on any atom is 0.412 e. The number of anilines is 2. The second-order valence-corrected chi connectivity index (χ2v) is 7.21. The van der Waals surface area contributed by atoms with E-state index in [0.717, 1.165) is 16.7 Å². The van der Waals surface area contributed by atoms with Gasteiger partial charge >= 0.3 is 6.09 Å². The molecule has 0 fully saturated rings. The number of hydrazone groups is 1. The topological polar surface area (TPSA) is 75.6 Å². The van der Waals surface area contributed by atoms with Gasteiger partial charge in [0.15, 0.2) is 0 Å². The van der Waals surface area contributed by atoms with Crippen molar-refractivity contribution in [2.75, 3.05) is 17.3 Å². The van der Waals surface area contributed by atoms with Crippen LogP contribution in [0.3, 0.4) is 0 Å². The lowest BCUT2D eigenvalue weighted by atomic mass is 10.1. The van der Waals surface area contributed by atoms with Gasteiger partial charge in [0.2, 0.25) is 5.13 Å². The van der Waals surface area contributed by atoms with E-state index in [2.05, 4.69) is 20.8 Å². The Kier molecular flexibility index (Phi) is 6.62. The molecule has 144 valence electrons. The number of aromatic nitrogens is 1. The lowest BCUT2D eigenvalue weighted by Crippen LogP contribution is -2.12. The van der Waals surface area contributed by atoms with Gasteiger partial charge in [0.25, 0.3) is 0 Å². The molecule has 0 saturated carbocycles. The van der Waals surface area contributed by atoms with Gasteiger partial charge in [-0.3, -0.25) is 10.7 Å². The molecule has 0 spiro atoms. The van der Waals surface area contributed by atoms with E-state index in [1.807, 2.05) is 49.4 Å². The monoisotopic (exact) mass is 414 g/mol. The molecule has 0 bridgehead atoms. The molecule has 3 aromatic rings. The van der Waals surface area contributed by atoms with Crippen molar-refractivity contribution in [3.63, 3.8) is 0 Å².